The van der Waals surface area contributed by atoms with E-state index in [1.165, 1.54) is 38.4 Å². The summed E-state index contributed by atoms with van der Waals surface area (Å²) in [5.41, 5.74) is 1.02. The van der Waals surface area contributed by atoms with Crippen LogP contribution in [0.5, 0.6) is 0 Å². The minimum absolute atomic E-state index is 0.239. The fourth-order valence-corrected chi connectivity index (χ4v) is 2.91. The van der Waals surface area contributed by atoms with Crippen LogP contribution in [-0.4, -0.2) is 36.6 Å². The van der Waals surface area contributed by atoms with Crippen molar-refractivity contribution in [2.24, 2.45) is 5.92 Å². The van der Waals surface area contributed by atoms with Gasteiger partial charge in [-0.05, 0) is 49.8 Å². The molecule has 1 atom stereocenters. The lowest BCUT2D eigenvalue weighted by Crippen LogP contribution is -2.35. The molecule has 1 aromatic rings. The van der Waals surface area contributed by atoms with Crippen LogP contribution in [0.1, 0.15) is 31.2 Å². The monoisotopic (exact) mass is 285 g/mol. The third-order valence-electron chi connectivity index (χ3n) is 4.32. The summed E-state index contributed by atoms with van der Waals surface area (Å²) in [6.45, 7) is 2.89. The summed E-state index contributed by atoms with van der Waals surface area (Å²) >= 11 is 0. The van der Waals surface area contributed by atoms with Crippen molar-refractivity contribution in [1.82, 2.24) is 4.90 Å². The van der Waals surface area contributed by atoms with Crippen LogP contribution < -0.4 is 0 Å². The molecule has 3 nitrogen and oxygen atoms in total. The Morgan fingerprint density at radius 3 is 2.81 bits per heavy atom. The van der Waals surface area contributed by atoms with Crippen molar-refractivity contribution in [3.05, 3.63) is 42.0 Å². The lowest BCUT2D eigenvalue weighted by molar-refractivity contribution is -0.139. The maximum Gasteiger partial charge on any atom is 0.330 e. The highest BCUT2D eigenvalue weighted by Gasteiger charge is 2.31. The van der Waals surface area contributed by atoms with E-state index in [1.54, 1.807) is 6.08 Å². The van der Waals surface area contributed by atoms with Crippen molar-refractivity contribution >= 4 is 12.0 Å². The van der Waals surface area contributed by atoms with E-state index in [2.05, 4.69) is 4.90 Å². The molecule has 1 heterocycles. The summed E-state index contributed by atoms with van der Waals surface area (Å²) in [5.74, 6) is 0.663. The number of rotatable bonds is 6. The van der Waals surface area contributed by atoms with Gasteiger partial charge in [0.2, 0.25) is 0 Å². The first-order chi connectivity index (χ1) is 10.3. The molecule has 0 aromatic heterocycles. The molecule has 1 aromatic carbocycles. The van der Waals surface area contributed by atoms with Crippen LogP contribution >= 0.6 is 0 Å². The van der Waals surface area contributed by atoms with Gasteiger partial charge in [-0.25, -0.2) is 4.79 Å². The number of hydrogen-bond acceptors (Lipinski definition) is 3. The van der Waals surface area contributed by atoms with E-state index in [1.807, 2.05) is 30.3 Å². The van der Waals surface area contributed by atoms with Crippen LogP contribution in [0.4, 0.5) is 0 Å². The first-order valence-electron chi connectivity index (χ1n) is 7.95. The van der Waals surface area contributed by atoms with Gasteiger partial charge in [-0.2, -0.15) is 0 Å². The summed E-state index contributed by atoms with van der Waals surface area (Å²) in [4.78, 5) is 14.3. The molecule has 2 aliphatic rings. The van der Waals surface area contributed by atoms with Crippen molar-refractivity contribution in [2.75, 3.05) is 19.7 Å². The third-order valence-corrected chi connectivity index (χ3v) is 4.32. The molecule has 2 fully saturated rings. The fourth-order valence-electron chi connectivity index (χ4n) is 2.91. The maximum atomic E-state index is 11.8. The second kappa shape index (κ2) is 6.90. The maximum absolute atomic E-state index is 11.8. The van der Waals surface area contributed by atoms with Crippen LogP contribution in [0.3, 0.4) is 0 Å². The SMILES string of the molecule is O=C(/C=C/c1ccccc1)OCC1CCCN1CC1CC1. The lowest BCUT2D eigenvalue weighted by Gasteiger charge is -2.23. The Hall–Kier alpha value is -1.61. The quantitative estimate of drug-likeness (QED) is 0.594. The third kappa shape index (κ3) is 4.43. The second-order valence-electron chi connectivity index (χ2n) is 6.11. The van der Waals surface area contributed by atoms with Gasteiger partial charge in [-0.1, -0.05) is 30.3 Å². The van der Waals surface area contributed by atoms with Crippen LogP contribution in [-0.2, 0) is 9.53 Å². The molecule has 0 bridgehead atoms. The summed E-state index contributed by atoms with van der Waals surface area (Å²) in [7, 11) is 0. The van der Waals surface area contributed by atoms with E-state index >= 15 is 0 Å². The molecule has 112 valence electrons. The van der Waals surface area contributed by atoms with Gasteiger partial charge in [0.25, 0.3) is 0 Å². The average molecular weight is 285 g/mol. The predicted molar refractivity (Wildman–Crippen MR) is 83.8 cm³/mol. The molecule has 21 heavy (non-hydrogen) atoms. The Kier molecular flexibility index (Phi) is 4.71. The zero-order valence-electron chi connectivity index (χ0n) is 12.4. The van der Waals surface area contributed by atoms with Gasteiger partial charge in [-0.3, -0.25) is 4.90 Å². The van der Waals surface area contributed by atoms with Crippen molar-refractivity contribution in [1.29, 1.82) is 0 Å². The molecule has 1 unspecified atom stereocenters. The first-order valence-corrected chi connectivity index (χ1v) is 7.95. The van der Waals surface area contributed by atoms with Crippen LogP contribution in [0.25, 0.3) is 6.08 Å². The second-order valence-corrected chi connectivity index (χ2v) is 6.11. The Morgan fingerprint density at radius 1 is 1.24 bits per heavy atom. The molecule has 0 amide bonds. The number of likely N-dealkylation sites (tertiary alicyclic amines) is 1. The molecule has 3 rings (SSSR count). The first kappa shape index (κ1) is 14.3. The van der Waals surface area contributed by atoms with E-state index in [0.29, 0.717) is 12.6 Å². The molecule has 0 radical (unpaired) electrons. The predicted octanol–water partition coefficient (Wildman–Crippen LogP) is 3.12. The number of hydrogen-bond donors (Lipinski definition) is 0. The zero-order chi connectivity index (χ0) is 14.5. The van der Waals surface area contributed by atoms with Gasteiger partial charge < -0.3 is 4.74 Å². The number of benzene rings is 1. The summed E-state index contributed by atoms with van der Waals surface area (Å²) in [5, 5.41) is 0. The number of ether oxygens (including phenoxy) is 1. The Bertz CT molecular complexity index is 493. The summed E-state index contributed by atoms with van der Waals surface area (Å²) < 4.78 is 5.41. The van der Waals surface area contributed by atoms with Crippen LogP contribution in [0, 0.1) is 5.92 Å². The molecule has 1 aliphatic carbocycles. The fraction of sp³-hybridized carbons (Fsp3) is 0.500. The van der Waals surface area contributed by atoms with E-state index in [4.69, 9.17) is 4.74 Å². The van der Waals surface area contributed by atoms with E-state index in [-0.39, 0.29) is 5.97 Å². The van der Waals surface area contributed by atoms with E-state index in [9.17, 15) is 4.79 Å². The van der Waals surface area contributed by atoms with Crippen LogP contribution in [0.15, 0.2) is 36.4 Å². The molecular weight excluding hydrogens is 262 g/mol. The van der Waals surface area contributed by atoms with Crippen molar-refractivity contribution < 1.29 is 9.53 Å². The van der Waals surface area contributed by atoms with Gasteiger partial charge in [0, 0.05) is 18.7 Å². The minimum Gasteiger partial charge on any atom is -0.461 e. The van der Waals surface area contributed by atoms with E-state index < -0.39 is 0 Å². The molecule has 0 N–H and O–H groups in total. The lowest BCUT2D eigenvalue weighted by atomic mass is 10.2. The number of carbonyl (C=O) groups excluding carboxylic acids is 1. The smallest absolute Gasteiger partial charge is 0.330 e. The van der Waals surface area contributed by atoms with Gasteiger partial charge in [0.05, 0.1) is 0 Å². The number of carbonyl (C=O) groups is 1. The minimum atomic E-state index is -0.239. The highest BCUT2D eigenvalue weighted by Crippen LogP contribution is 2.32. The van der Waals surface area contributed by atoms with E-state index in [0.717, 1.165) is 17.9 Å². The number of nitrogens with zero attached hydrogens (tertiary/aromatic N) is 1. The van der Waals surface area contributed by atoms with Gasteiger partial charge in [-0.15, -0.1) is 0 Å². The molecule has 0 spiro atoms. The average Bonchev–Trinajstić information content (AvgIpc) is 3.22. The number of esters is 1. The van der Waals surface area contributed by atoms with Crippen molar-refractivity contribution in [2.45, 2.75) is 31.7 Å². The highest BCUT2D eigenvalue weighted by atomic mass is 16.5. The topological polar surface area (TPSA) is 29.5 Å². The zero-order valence-corrected chi connectivity index (χ0v) is 12.4. The van der Waals surface area contributed by atoms with Gasteiger partial charge in [0.15, 0.2) is 0 Å². The molecular formula is C18H23NO2. The van der Waals surface area contributed by atoms with Crippen molar-refractivity contribution in [3.63, 3.8) is 0 Å². The summed E-state index contributed by atoms with van der Waals surface area (Å²) in [6.07, 6.45) is 8.47. The van der Waals surface area contributed by atoms with Gasteiger partial charge in [0.1, 0.15) is 6.61 Å². The molecule has 1 saturated heterocycles. The Balaban J connectivity index is 1.43. The van der Waals surface area contributed by atoms with Crippen molar-refractivity contribution in [3.8, 4) is 0 Å². The highest BCUT2D eigenvalue weighted by molar-refractivity contribution is 5.87. The Labute approximate surface area is 126 Å². The Morgan fingerprint density at radius 2 is 2.05 bits per heavy atom. The largest absolute Gasteiger partial charge is 0.461 e. The molecule has 1 saturated carbocycles. The molecule has 3 heteroatoms. The standard InChI is InChI=1S/C18H23NO2/c20-18(11-10-15-5-2-1-3-6-15)21-14-17-7-4-12-19(17)13-16-8-9-16/h1-3,5-6,10-11,16-17H,4,7-9,12-14H2/b11-10+. The van der Waals surface area contributed by atoms with Gasteiger partial charge >= 0.3 is 5.97 Å². The van der Waals surface area contributed by atoms with Crippen LogP contribution in [0.2, 0.25) is 0 Å². The summed E-state index contributed by atoms with van der Waals surface area (Å²) in [6, 6.07) is 10.2. The molecule has 1 aliphatic heterocycles. The normalized spacial score (nSPS) is 22.8.